The molecular weight excluding hydrogens is 287 g/mol. The van der Waals surface area contributed by atoms with Gasteiger partial charge in [0.05, 0.1) is 0 Å². The van der Waals surface area contributed by atoms with Crippen LogP contribution in [0.25, 0.3) is 0 Å². The van der Waals surface area contributed by atoms with E-state index < -0.39 is 0 Å². The first-order valence-corrected chi connectivity index (χ1v) is 9.18. The highest BCUT2D eigenvalue weighted by atomic mass is 19.1. The molecule has 1 heterocycles. The molecule has 1 aromatic carbocycles. The normalized spacial score (nSPS) is 17.3. The van der Waals surface area contributed by atoms with E-state index in [0.29, 0.717) is 0 Å². The molecule has 0 bridgehead atoms. The summed E-state index contributed by atoms with van der Waals surface area (Å²) in [5.41, 5.74) is 1.11. The largest absolute Gasteiger partial charge is 0.306 e. The number of piperidine rings is 1. The summed E-state index contributed by atoms with van der Waals surface area (Å²) < 4.78 is 13.2. The highest BCUT2D eigenvalue weighted by molar-refractivity contribution is 5.16. The molecule has 3 heteroatoms. The van der Waals surface area contributed by atoms with Crippen LogP contribution in [-0.2, 0) is 6.42 Å². The van der Waals surface area contributed by atoms with Crippen LogP contribution in [0.15, 0.2) is 24.3 Å². The Labute approximate surface area is 141 Å². The molecule has 0 radical (unpaired) electrons. The van der Waals surface area contributed by atoms with Gasteiger partial charge in [-0.05, 0) is 81.9 Å². The Balaban J connectivity index is 1.64. The first kappa shape index (κ1) is 18.4. The van der Waals surface area contributed by atoms with Crippen LogP contribution in [0.3, 0.4) is 0 Å². The van der Waals surface area contributed by atoms with Crippen LogP contribution in [-0.4, -0.2) is 49.6 Å². The third-order valence-corrected chi connectivity index (χ3v) is 4.97. The van der Waals surface area contributed by atoms with Crippen LogP contribution < -0.4 is 0 Å². The molecule has 0 saturated carbocycles. The maximum Gasteiger partial charge on any atom is 0.123 e. The minimum absolute atomic E-state index is 0.120. The third-order valence-electron chi connectivity index (χ3n) is 4.97. The maximum atomic E-state index is 13.2. The lowest BCUT2D eigenvalue weighted by molar-refractivity contribution is 0.153. The van der Waals surface area contributed by atoms with Gasteiger partial charge in [-0.2, -0.15) is 0 Å². The smallest absolute Gasteiger partial charge is 0.123 e. The highest BCUT2D eigenvalue weighted by Gasteiger charge is 2.20. The van der Waals surface area contributed by atoms with Gasteiger partial charge in [-0.1, -0.05) is 26.0 Å². The van der Waals surface area contributed by atoms with Crippen molar-refractivity contribution in [3.8, 4) is 0 Å². The molecule has 1 aliphatic rings. The molecule has 0 aromatic heterocycles. The Kier molecular flexibility index (Phi) is 7.51. The van der Waals surface area contributed by atoms with Crippen molar-refractivity contribution < 1.29 is 4.39 Å². The van der Waals surface area contributed by atoms with Gasteiger partial charge in [0.2, 0.25) is 0 Å². The van der Waals surface area contributed by atoms with Crippen molar-refractivity contribution in [3.05, 3.63) is 35.6 Å². The SMILES string of the molecule is CC(C)CCN(C)CC1CCN(CCc2cccc(F)c2)CC1. The van der Waals surface area contributed by atoms with E-state index in [1.54, 1.807) is 6.07 Å². The van der Waals surface area contributed by atoms with Gasteiger partial charge in [-0.25, -0.2) is 4.39 Å². The van der Waals surface area contributed by atoms with Crippen LogP contribution in [0.5, 0.6) is 0 Å². The lowest BCUT2D eigenvalue weighted by atomic mass is 9.95. The number of hydrogen-bond donors (Lipinski definition) is 0. The van der Waals surface area contributed by atoms with E-state index in [1.807, 2.05) is 12.1 Å². The van der Waals surface area contributed by atoms with E-state index in [-0.39, 0.29) is 5.82 Å². The van der Waals surface area contributed by atoms with Gasteiger partial charge >= 0.3 is 0 Å². The van der Waals surface area contributed by atoms with Crippen LogP contribution in [0.1, 0.15) is 38.7 Å². The van der Waals surface area contributed by atoms with Crippen molar-refractivity contribution >= 4 is 0 Å². The molecule has 0 amide bonds. The molecule has 2 nitrogen and oxygen atoms in total. The van der Waals surface area contributed by atoms with Crippen molar-refractivity contribution in [2.24, 2.45) is 11.8 Å². The summed E-state index contributed by atoms with van der Waals surface area (Å²) in [5.74, 6) is 1.52. The van der Waals surface area contributed by atoms with Gasteiger partial charge in [0, 0.05) is 13.1 Å². The molecule has 1 fully saturated rings. The lowest BCUT2D eigenvalue weighted by Gasteiger charge is -2.34. The topological polar surface area (TPSA) is 6.48 Å². The first-order chi connectivity index (χ1) is 11.0. The molecule has 2 rings (SSSR count). The quantitative estimate of drug-likeness (QED) is 0.713. The average Bonchev–Trinajstić information content (AvgIpc) is 2.52. The predicted octanol–water partition coefficient (Wildman–Crippen LogP) is 4.06. The monoisotopic (exact) mass is 320 g/mol. The molecule has 0 N–H and O–H groups in total. The molecule has 0 unspecified atom stereocenters. The number of hydrogen-bond acceptors (Lipinski definition) is 2. The van der Waals surface area contributed by atoms with Crippen molar-refractivity contribution in [1.29, 1.82) is 0 Å². The molecule has 0 aliphatic carbocycles. The Hall–Kier alpha value is -0.930. The maximum absolute atomic E-state index is 13.2. The molecule has 0 atom stereocenters. The van der Waals surface area contributed by atoms with Crippen LogP contribution in [0.4, 0.5) is 4.39 Å². The summed E-state index contributed by atoms with van der Waals surface area (Å²) in [5, 5.41) is 0. The predicted molar refractivity (Wildman–Crippen MR) is 96.2 cm³/mol. The molecule has 1 aliphatic heterocycles. The molecule has 23 heavy (non-hydrogen) atoms. The standard InChI is InChI=1S/C20H33FN2/c1-17(2)7-11-22(3)16-19-9-13-23(14-10-19)12-8-18-5-4-6-20(21)15-18/h4-6,15,17,19H,7-14,16H2,1-3H3. The number of rotatable bonds is 8. The Morgan fingerprint density at radius 1 is 1.26 bits per heavy atom. The Morgan fingerprint density at radius 3 is 2.65 bits per heavy atom. The van der Waals surface area contributed by atoms with Gasteiger partial charge in [-0.3, -0.25) is 0 Å². The zero-order valence-electron chi connectivity index (χ0n) is 15.1. The second-order valence-electron chi connectivity index (χ2n) is 7.61. The zero-order valence-corrected chi connectivity index (χ0v) is 15.1. The van der Waals surface area contributed by atoms with E-state index >= 15 is 0 Å². The van der Waals surface area contributed by atoms with Gasteiger partial charge in [-0.15, -0.1) is 0 Å². The van der Waals surface area contributed by atoms with E-state index in [2.05, 4.69) is 30.7 Å². The van der Waals surface area contributed by atoms with Crippen molar-refractivity contribution in [2.45, 2.75) is 39.5 Å². The van der Waals surface area contributed by atoms with Gasteiger partial charge in [0.1, 0.15) is 5.82 Å². The third kappa shape index (κ3) is 7.01. The fourth-order valence-corrected chi connectivity index (χ4v) is 3.38. The lowest BCUT2D eigenvalue weighted by Crippen LogP contribution is -2.39. The molecule has 1 aromatic rings. The summed E-state index contributed by atoms with van der Waals surface area (Å²) in [6.07, 6.45) is 4.85. The molecule has 0 spiro atoms. The van der Waals surface area contributed by atoms with Crippen molar-refractivity contribution in [3.63, 3.8) is 0 Å². The van der Waals surface area contributed by atoms with Crippen molar-refractivity contribution in [1.82, 2.24) is 9.80 Å². The van der Waals surface area contributed by atoms with Gasteiger partial charge in [0.25, 0.3) is 0 Å². The van der Waals surface area contributed by atoms with Crippen LogP contribution >= 0.6 is 0 Å². The highest BCUT2D eigenvalue weighted by Crippen LogP contribution is 2.19. The van der Waals surface area contributed by atoms with Crippen molar-refractivity contribution in [2.75, 3.05) is 39.8 Å². The van der Waals surface area contributed by atoms with Gasteiger partial charge in [0.15, 0.2) is 0 Å². The number of nitrogens with zero attached hydrogens (tertiary/aromatic N) is 2. The fraction of sp³-hybridized carbons (Fsp3) is 0.700. The number of likely N-dealkylation sites (tertiary alicyclic amines) is 1. The summed E-state index contributed by atoms with van der Waals surface area (Å²) in [6, 6.07) is 7.02. The number of benzene rings is 1. The summed E-state index contributed by atoms with van der Waals surface area (Å²) >= 11 is 0. The summed E-state index contributed by atoms with van der Waals surface area (Å²) in [6.45, 7) is 10.5. The fourth-order valence-electron chi connectivity index (χ4n) is 3.38. The number of halogens is 1. The Morgan fingerprint density at radius 2 is 2.00 bits per heavy atom. The van der Waals surface area contributed by atoms with Gasteiger partial charge < -0.3 is 9.80 Å². The first-order valence-electron chi connectivity index (χ1n) is 9.18. The minimum Gasteiger partial charge on any atom is -0.306 e. The van der Waals surface area contributed by atoms with E-state index in [4.69, 9.17) is 0 Å². The van der Waals surface area contributed by atoms with E-state index in [0.717, 1.165) is 30.4 Å². The molecular formula is C20H33FN2. The zero-order chi connectivity index (χ0) is 16.7. The van der Waals surface area contributed by atoms with Crippen LogP contribution in [0.2, 0.25) is 0 Å². The molecule has 130 valence electrons. The Bertz CT molecular complexity index is 453. The minimum atomic E-state index is -0.120. The average molecular weight is 320 g/mol. The molecule has 1 saturated heterocycles. The van der Waals surface area contributed by atoms with E-state index in [1.165, 1.54) is 51.5 Å². The summed E-state index contributed by atoms with van der Waals surface area (Å²) in [4.78, 5) is 5.04. The second kappa shape index (κ2) is 9.39. The van der Waals surface area contributed by atoms with E-state index in [9.17, 15) is 4.39 Å². The summed E-state index contributed by atoms with van der Waals surface area (Å²) in [7, 11) is 2.26. The van der Waals surface area contributed by atoms with Crippen LogP contribution in [0, 0.1) is 17.7 Å². The second-order valence-corrected chi connectivity index (χ2v) is 7.61.